The van der Waals surface area contributed by atoms with Crippen molar-refractivity contribution < 1.29 is 17.9 Å². The number of ether oxygens (including phenoxy) is 1. The van der Waals surface area contributed by atoms with Gasteiger partial charge in [-0.15, -0.1) is 10.2 Å². The van der Waals surface area contributed by atoms with Gasteiger partial charge in [-0.25, -0.2) is 13.1 Å². The molecule has 10 heteroatoms. The van der Waals surface area contributed by atoms with Gasteiger partial charge in [-0.1, -0.05) is 30.3 Å². The van der Waals surface area contributed by atoms with Crippen molar-refractivity contribution in [3.63, 3.8) is 0 Å². The van der Waals surface area contributed by atoms with Crippen molar-refractivity contribution in [2.75, 3.05) is 11.9 Å². The first-order valence-electron chi connectivity index (χ1n) is 8.98. The van der Waals surface area contributed by atoms with E-state index in [0.717, 1.165) is 6.42 Å². The third-order valence-corrected chi connectivity index (χ3v) is 5.89. The molecule has 9 nitrogen and oxygen atoms in total. The second kappa shape index (κ2) is 8.02. The SMILES string of the molecule is O=C1COc2ccc(S(=O)(=O)NCc3nncn3CCc3ccccc3)cc2N1. The van der Waals surface area contributed by atoms with Gasteiger partial charge in [0.15, 0.2) is 6.61 Å². The number of sulfonamides is 1. The highest BCUT2D eigenvalue weighted by Crippen LogP contribution is 2.30. The minimum absolute atomic E-state index is 0.00291. The highest BCUT2D eigenvalue weighted by molar-refractivity contribution is 7.89. The van der Waals surface area contributed by atoms with E-state index in [2.05, 4.69) is 20.2 Å². The van der Waals surface area contributed by atoms with Crippen LogP contribution in [0.5, 0.6) is 5.75 Å². The molecular weight excluding hydrogens is 394 g/mol. The molecule has 2 heterocycles. The number of benzene rings is 2. The number of rotatable bonds is 7. The van der Waals surface area contributed by atoms with Crippen LogP contribution in [0.1, 0.15) is 11.4 Å². The summed E-state index contributed by atoms with van der Waals surface area (Å²) < 4.78 is 34.9. The van der Waals surface area contributed by atoms with Crippen LogP contribution in [0.4, 0.5) is 5.69 Å². The van der Waals surface area contributed by atoms with Crippen molar-refractivity contribution in [3.8, 4) is 5.75 Å². The number of aromatic nitrogens is 3. The van der Waals surface area contributed by atoms with Crippen molar-refractivity contribution in [1.29, 1.82) is 0 Å². The summed E-state index contributed by atoms with van der Waals surface area (Å²) in [5.74, 6) is 0.620. The lowest BCUT2D eigenvalue weighted by atomic mass is 10.1. The van der Waals surface area contributed by atoms with Crippen molar-refractivity contribution >= 4 is 21.6 Å². The molecule has 0 saturated heterocycles. The topological polar surface area (TPSA) is 115 Å². The third-order valence-electron chi connectivity index (χ3n) is 4.49. The first-order valence-corrected chi connectivity index (χ1v) is 10.5. The summed E-state index contributed by atoms with van der Waals surface area (Å²) >= 11 is 0. The van der Waals surface area contributed by atoms with Crippen LogP contribution in [0.15, 0.2) is 59.8 Å². The van der Waals surface area contributed by atoms with Crippen LogP contribution >= 0.6 is 0 Å². The van der Waals surface area contributed by atoms with E-state index in [1.807, 2.05) is 34.9 Å². The predicted molar refractivity (Wildman–Crippen MR) is 105 cm³/mol. The van der Waals surface area contributed by atoms with E-state index in [1.54, 1.807) is 6.33 Å². The van der Waals surface area contributed by atoms with Crippen molar-refractivity contribution in [2.45, 2.75) is 24.4 Å². The Morgan fingerprint density at radius 2 is 2.00 bits per heavy atom. The Balaban J connectivity index is 1.43. The number of fused-ring (bicyclic) bond motifs is 1. The number of carbonyl (C=O) groups is 1. The highest BCUT2D eigenvalue weighted by Gasteiger charge is 2.21. The number of anilines is 1. The van der Waals surface area contributed by atoms with Crippen LogP contribution in [0.25, 0.3) is 0 Å². The molecule has 3 aromatic rings. The van der Waals surface area contributed by atoms with E-state index < -0.39 is 10.0 Å². The van der Waals surface area contributed by atoms with Gasteiger partial charge in [-0.3, -0.25) is 4.79 Å². The molecule has 1 aliphatic heterocycles. The summed E-state index contributed by atoms with van der Waals surface area (Å²) in [4.78, 5) is 11.5. The minimum atomic E-state index is -3.81. The minimum Gasteiger partial charge on any atom is -0.482 e. The number of amides is 1. The van der Waals surface area contributed by atoms with E-state index in [9.17, 15) is 13.2 Å². The zero-order valence-corrected chi connectivity index (χ0v) is 16.2. The number of hydrogen-bond acceptors (Lipinski definition) is 6. The van der Waals surface area contributed by atoms with Gasteiger partial charge in [0.25, 0.3) is 5.91 Å². The standard InChI is InChI=1S/C19H19N5O4S/c25-19-12-28-17-7-6-15(10-16(17)22-19)29(26,27)21-11-18-23-20-13-24(18)9-8-14-4-2-1-3-5-14/h1-7,10,13,21H,8-9,11-12H2,(H,22,25). The Bertz CT molecular complexity index is 1130. The Labute approximate surface area is 167 Å². The first kappa shape index (κ1) is 19.1. The molecule has 0 bridgehead atoms. The lowest BCUT2D eigenvalue weighted by molar-refractivity contribution is -0.118. The predicted octanol–water partition coefficient (Wildman–Crippen LogP) is 1.33. The van der Waals surface area contributed by atoms with Gasteiger partial charge in [-0.05, 0) is 30.2 Å². The average molecular weight is 413 g/mol. The van der Waals surface area contributed by atoms with Crippen LogP contribution in [-0.2, 0) is 34.3 Å². The Hall–Kier alpha value is -3.24. The molecule has 150 valence electrons. The van der Waals surface area contributed by atoms with E-state index in [1.165, 1.54) is 23.8 Å². The molecule has 0 unspecified atom stereocenters. The fraction of sp³-hybridized carbons (Fsp3) is 0.211. The van der Waals surface area contributed by atoms with Gasteiger partial charge in [0.2, 0.25) is 10.0 Å². The normalized spacial score (nSPS) is 13.4. The Morgan fingerprint density at radius 1 is 1.17 bits per heavy atom. The number of nitrogens with one attached hydrogen (secondary N) is 2. The Kier molecular flexibility index (Phi) is 5.28. The summed E-state index contributed by atoms with van der Waals surface area (Å²) in [6.45, 7) is 0.545. The zero-order chi connectivity index (χ0) is 20.3. The molecule has 0 atom stereocenters. The maximum Gasteiger partial charge on any atom is 0.262 e. The fourth-order valence-electron chi connectivity index (χ4n) is 2.97. The molecule has 4 rings (SSSR count). The van der Waals surface area contributed by atoms with E-state index in [4.69, 9.17) is 4.74 Å². The average Bonchev–Trinajstić information content (AvgIpc) is 3.18. The van der Waals surface area contributed by atoms with Crippen molar-refractivity contribution in [2.24, 2.45) is 0 Å². The second-order valence-electron chi connectivity index (χ2n) is 6.50. The molecule has 1 aliphatic rings. The van der Waals surface area contributed by atoms with Crippen LogP contribution < -0.4 is 14.8 Å². The smallest absolute Gasteiger partial charge is 0.262 e. The molecule has 29 heavy (non-hydrogen) atoms. The van der Waals surface area contributed by atoms with Gasteiger partial charge in [0, 0.05) is 6.54 Å². The van der Waals surface area contributed by atoms with Crippen LogP contribution in [-0.4, -0.2) is 35.7 Å². The number of nitrogens with zero attached hydrogens (tertiary/aromatic N) is 3. The van der Waals surface area contributed by atoms with Gasteiger partial charge < -0.3 is 14.6 Å². The van der Waals surface area contributed by atoms with E-state index >= 15 is 0 Å². The van der Waals surface area contributed by atoms with Crippen LogP contribution in [0.3, 0.4) is 0 Å². The maximum absolute atomic E-state index is 12.7. The molecular formula is C19H19N5O4S. The molecule has 0 fully saturated rings. The van der Waals surface area contributed by atoms with Crippen molar-refractivity contribution in [3.05, 3.63) is 66.2 Å². The highest BCUT2D eigenvalue weighted by atomic mass is 32.2. The van der Waals surface area contributed by atoms with E-state index in [0.29, 0.717) is 23.8 Å². The van der Waals surface area contributed by atoms with Crippen LogP contribution in [0.2, 0.25) is 0 Å². The zero-order valence-electron chi connectivity index (χ0n) is 15.4. The number of hydrogen-bond donors (Lipinski definition) is 2. The summed E-state index contributed by atoms with van der Waals surface area (Å²) in [6.07, 6.45) is 2.36. The van der Waals surface area contributed by atoms with Crippen LogP contribution in [0, 0.1) is 0 Å². The summed E-state index contributed by atoms with van der Waals surface area (Å²) in [5, 5.41) is 10.5. The molecule has 1 amide bonds. The quantitative estimate of drug-likeness (QED) is 0.604. The first-order chi connectivity index (χ1) is 14.0. The summed E-state index contributed by atoms with van der Waals surface area (Å²) in [6, 6.07) is 14.3. The largest absolute Gasteiger partial charge is 0.482 e. The maximum atomic E-state index is 12.7. The molecule has 0 saturated carbocycles. The van der Waals surface area contributed by atoms with Crippen molar-refractivity contribution in [1.82, 2.24) is 19.5 Å². The third kappa shape index (κ3) is 4.44. The Morgan fingerprint density at radius 3 is 2.83 bits per heavy atom. The van der Waals surface area contributed by atoms with E-state index in [-0.39, 0.29) is 24.0 Å². The number of carbonyl (C=O) groups excluding carboxylic acids is 1. The summed E-state index contributed by atoms with van der Waals surface area (Å²) in [5.41, 5.74) is 1.50. The van der Waals surface area contributed by atoms with Gasteiger partial charge >= 0.3 is 0 Å². The van der Waals surface area contributed by atoms with Gasteiger partial charge in [-0.2, -0.15) is 0 Å². The molecule has 1 aromatic heterocycles. The van der Waals surface area contributed by atoms with Gasteiger partial charge in [0.05, 0.1) is 17.1 Å². The fourth-order valence-corrected chi connectivity index (χ4v) is 3.98. The molecule has 0 spiro atoms. The molecule has 0 aliphatic carbocycles. The lowest BCUT2D eigenvalue weighted by Crippen LogP contribution is -2.27. The lowest BCUT2D eigenvalue weighted by Gasteiger charge is -2.18. The van der Waals surface area contributed by atoms with Gasteiger partial charge in [0.1, 0.15) is 17.9 Å². The summed E-state index contributed by atoms with van der Waals surface area (Å²) in [7, 11) is -3.81. The monoisotopic (exact) mass is 413 g/mol. The molecule has 2 aromatic carbocycles. The molecule has 0 radical (unpaired) electrons. The molecule has 2 N–H and O–H groups in total. The second-order valence-corrected chi connectivity index (χ2v) is 8.26. The number of aryl methyl sites for hydroxylation is 2.